The van der Waals surface area contributed by atoms with Gasteiger partial charge in [0.15, 0.2) is 0 Å². The Kier molecular flexibility index (Phi) is 10.1. The number of rotatable bonds is 12. The third-order valence-corrected chi connectivity index (χ3v) is 6.84. The van der Waals surface area contributed by atoms with Gasteiger partial charge in [0.25, 0.3) is 0 Å². The maximum atomic E-state index is 13.3. The summed E-state index contributed by atoms with van der Waals surface area (Å²) in [5, 5.41) is 2.83. The quantitative estimate of drug-likeness (QED) is 0.493. The number of hydrogen-bond acceptors (Lipinski definition) is 4. The van der Waals surface area contributed by atoms with E-state index in [-0.39, 0.29) is 24.8 Å². The zero-order valence-corrected chi connectivity index (χ0v) is 21.7. The molecule has 2 aromatic rings. The van der Waals surface area contributed by atoms with Crippen LogP contribution in [0.3, 0.4) is 0 Å². The van der Waals surface area contributed by atoms with E-state index in [1.807, 2.05) is 64.1 Å². The zero-order valence-electron chi connectivity index (χ0n) is 20.9. The van der Waals surface area contributed by atoms with Gasteiger partial charge in [-0.3, -0.25) is 13.9 Å². The number of nitrogens with one attached hydrogen (secondary N) is 1. The van der Waals surface area contributed by atoms with Crippen molar-refractivity contribution in [3.8, 4) is 0 Å². The van der Waals surface area contributed by atoms with Gasteiger partial charge >= 0.3 is 0 Å². The Morgan fingerprint density at radius 2 is 1.68 bits per heavy atom. The smallest absolute Gasteiger partial charge is 0.242 e. The zero-order chi connectivity index (χ0) is 25.3. The number of sulfonamides is 1. The molecule has 0 saturated carbocycles. The summed E-state index contributed by atoms with van der Waals surface area (Å²) in [6.45, 7) is 8.66. The van der Waals surface area contributed by atoms with Crippen LogP contribution in [0.2, 0.25) is 0 Å². The average Bonchev–Trinajstić information content (AvgIpc) is 2.76. The second kappa shape index (κ2) is 12.6. The van der Waals surface area contributed by atoms with Crippen molar-refractivity contribution >= 4 is 27.5 Å². The largest absolute Gasteiger partial charge is 0.355 e. The topological polar surface area (TPSA) is 86.8 Å². The highest BCUT2D eigenvalue weighted by Crippen LogP contribution is 2.20. The molecule has 0 aliphatic rings. The van der Waals surface area contributed by atoms with Crippen molar-refractivity contribution in [2.45, 2.75) is 59.5 Å². The minimum atomic E-state index is -3.50. The second-order valence-electron chi connectivity index (χ2n) is 8.60. The van der Waals surface area contributed by atoms with Gasteiger partial charge in [-0.1, -0.05) is 54.4 Å². The fraction of sp³-hybridized carbons (Fsp3) is 0.462. The molecule has 1 N–H and O–H groups in total. The van der Waals surface area contributed by atoms with E-state index >= 15 is 0 Å². The van der Waals surface area contributed by atoms with Crippen LogP contribution in [0, 0.1) is 13.8 Å². The number of carbonyl (C=O) groups is 2. The molecule has 0 radical (unpaired) electrons. The monoisotopic (exact) mass is 487 g/mol. The first kappa shape index (κ1) is 27.4. The van der Waals surface area contributed by atoms with Crippen LogP contribution in [0.1, 0.15) is 49.8 Å². The van der Waals surface area contributed by atoms with Crippen molar-refractivity contribution in [2.75, 3.05) is 23.7 Å². The van der Waals surface area contributed by atoms with Gasteiger partial charge in [0, 0.05) is 26.1 Å². The number of hydrogen-bond donors (Lipinski definition) is 1. The molecule has 7 nitrogen and oxygen atoms in total. The highest BCUT2D eigenvalue weighted by atomic mass is 32.2. The molecule has 0 spiro atoms. The molecule has 2 aromatic carbocycles. The predicted molar refractivity (Wildman–Crippen MR) is 137 cm³/mol. The van der Waals surface area contributed by atoms with Crippen LogP contribution in [0.25, 0.3) is 0 Å². The Morgan fingerprint density at radius 1 is 1.00 bits per heavy atom. The summed E-state index contributed by atoms with van der Waals surface area (Å²) in [5.74, 6) is -0.347. The van der Waals surface area contributed by atoms with Crippen LogP contribution in [-0.4, -0.2) is 50.5 Å². The van der Waals surface area contributed by atoms with Crippen molar-refractivity contribution in [3.05, 3.63) is 65.2 Å². The molecule has 0 aliphatic carbocycles. The Labute approximate surface area is 204 Å². The molecule has 1 unspecified atom stereocenters. The lowest BCUT2D eigenvalue weighted by Gasteiger charge is -2.31. The highest BCUT2D eigenvalue weighted by Gasteiger charge is 2.28. The van der Waals surface area contributed by atoms with Gasteiger partial charge in [-0.15, -0.1) is 0 Å². The summed E-state index contributed by atoms with van der Waals surface area (Å²) in [4.78, 5) is 27.7. The van der Waals surface area contributed by atoms with Crippen LogP contribution >= 0.6 is 0 Å². The standard InChI is InChI=1S/C26H37N3O4S/c1-6-24(26(31)27-7-2)28(19-22-11-8-10-21(4)18-22)25(30)12-9-17-29(34(5,32)33)23-15-13-20(3)14-16-23/h8,10-11,13-16,18,24H,6-7,9,12,17,19H2,1-5H3,(H,27,31). The number of nitrogens with zero attached hydrogens (tertiary/aromatic N) is 2. The molecule has 34 heavy (non-hydrogen) atoms. The van der Waals surface area contributed by atoms with E-state index in [9.17, 15) is 18.0 Å². The molecule has 1 atom stereocenters. The van der Waals surface area contributed by atoms with Crippen molar-refractivity contribution < 1.29 is 18.0 Å². The number of benzene rings is 2. The normalized spacial score (nSPS) is 12.1. The lowest BCUT2D eigenvalue weighted by atomic mass is 10.1. The van der Waals surface area contributed by atoms with Gasteiger partial charge < -0.3 is 10.2 Å². The van der Waals surface area contributed by atoms with E-state index in [0.29, 0.717) is 31.6 Å². The third-order valence-electron chi connectivity index (χ3n) is 5.65. The molecule has 0 bridgehead atoms. The lowest BCUT2D eigenvalue weighted by Crippen LogP contribution is -2.49. The number of amides is 2. The third kappa shape index (κ3) is 7.87. The first-order valence-electron chi connectivity index (χ1n) is 11.7. The Morgan fingerprint density at radius 3 is 2.24 bits per heavy atom. The van der Waals surface area contributed by atoms with Crippen LogP contribution in [-0.2, 0) is 26.2 Å². The van der Waals surface area contributed by atoms with Crippen molar-refractivity contribution in [1.82, 2.24) is 10.2 Å². The summed E-state index contributed by atoms with van der Waals surface area (Å²) in [7, 11) is -3.50. The van der Waals surface area contributed by atoms with Crippen molar-refractivity contribution in [2.24, 2.45) is 0 Å². The molecule has 8 heteroatoms. The summed E-state index contributed by atoms with van der Waals surface area (Å²) in [6, 6.07) is 14.5. The molecule has 0 aliphatic heterocycles. The minimum absolute atomic E-state index is 0.138. The first-order valence-corrected chi connectivity index (χ1v) is 13.6. The van der Waals surface area contributed by atoms with Crippen LogP contribution in [0.5, 0.6) is 0 Å². The van der Waals surface area contributed by atoms with Crippen LogP contribution < -0.4 is 9.62 Å². The van der Waals surface area contributed by atoms with E-state index in [4.69, 9.17) is 0 Å². The van der Waals surface area contributed by atoms with Gasteiger partial charge in [0.2, 0.25) is 21.8 Å². The molecule has 2 amide bonds. The van der Waals surface area contributed by atoms with Gasteiger partial charge in [-0.2, -0.15) is 0 Å². The lowest BCUT2D eigenvalue weighted by molar-refractivity contribution is -0.141. The van der Waals surface area contributed by atoms with Gasteiger partial charge in [-0.25, -0.2) is 8.42 Å². The fourth-order valence-corrected chi connectivity index (χ4v) is 4.90. The van der Waals surface area contributed by atoms with E-state index in [1.165, 1.54) is 10.6 Å². The Bertz CT molecular complexity index is 1070. The highest BCUT2D eigenvalue weighted by molar-refractivity contribution is 7.92. The van der Waals surface area contributed by atoms with Gasteiger partial charge in [0.05, 0.1) is 11.9 Å². The number of anilines is 1. The van der Waals surface area contributed by atoms with Crippen molar-refractivity contribution in [3.63, 3.8) is 0 Å². The molecule has 0 aromatic heterocycles. The maximum absolute atomic E-state index is 13.3. The summed E-state index contributed by atoms with van der Waals surface area (Å²) in [6.07, 6.45) is 2.14. The van der Waals surface area contributed by atoms with E-state index in [2.05, 4.69) is 5.32 Å². The first-order chi connectivity index (χ1) is 16.1. The SMILES string of the molecule is CCNC(=O)C(CC)N(Cc1cccc(C)c1)C(=O)CCCN(c1ccc(C)cc1)S(C)(=O)=O. The van der Waals surface area contributed by atoms with E-state index in [0.717, 1.165) is 16.7 Å². The summed E-state index contributed by atoms with van der Waals surface area (Å²) in [5.41, 5.74) is 3.65. The van der Waals surface area contributed by atoms with E-state index < -0.39 is 16.1 Å². The predicted octanol–water partition coefficient (Wildman–Crippen LogP) is 3.79. The maximum Gasteiger partial charge on any atom is 0.242 e. The summed E-state index contributed by atoms with van der Waals surface area (Å²) < 4.78 is 26.1. The molecule has 186 valence electrons. The van der Waals surface area contributed by atoms with Gasteiger partial charge in [-0.05, 0) is 51.3 Å². The molecule has 2 rings (SSSR count). The van der Waals surface area contributed by atoms with E-state index in [1.54, 1.807) is 17.0 Å². The Balaban J connectivity index is 2.19. The molecular formula is C26H37N3O4S. The molecule has 0 saturated heterocycles. The molecule has 0 heterocycles. The van der Waals surface area contributed by atoms with Crippen molar-refractivity contribution in [1.29, 1.82) is 0 Å². The van der Waals surface area contributed by atoms with Crippen LogP contribution in [0.15, 0.2) is 48.5 Å². The number of likely N-dealkylation sites (N-methyl/N-ethyl adjacent to an activating group) is 1. The van der Waals surface area contributed by atoms with Gasteiger partial charge in [0.1, 0.15) is 6.04 Å². The number of aryl methyl sites for hydroxylation is 2. The average molecular weight is 488 g/mol. The summed E-state index contributed by atoms with van der Waals surface area (Å²) >= 11 is 0. The molecule has 0 fully saturated rings. The fourth-order valence-electron chi connectivity index (χ4n) is 3.93. The number of carbonyl (C=O) groups excluding carboxylic acids is 2. The minimum Gasteiger partial charge on any atom is -0.355 e. The second-order valence-corrected chi connectivity index (χ2v) is 10.5. The van der Waals surface area contributed by atoms with Crippen LogP contribution in [0.4, 0.5) is 5.69 Å². The Hall–Kier alpha value is -2.87. The molecular weight excluding hydrogens is 450 g/mol.